The molecule has 1 nitrogen and oxygen atoms in total. The van der Waals surface area contributed by atoms with E-state index in [2.05, 4.69) is 40.7 Å². The van der Waals surface area contributed by atoms with Crippen LogP contribution in [0.2, 0.25) is 0 Å². The molecule has 0 unspecified atom stereocenters. The normalized spacial score (nSPS) is 11.6. The summed E-state index contributed by atoms with van der Waals surface area (Å²) in [5, 5.41) is 10.1. The van der Waals surface area contributed by atoms with Gasteiger partial charge in [-0.25, -0.2) is 0 Å². The number of aromatic hydroxyl groups is 1. The van der Waals surface area contributed by atoms with Crippen LogP contribution in [-0.2, 0) is 11.5 Å². The van der Waals surface area contributed by atoms with E-state index in [1.165, 1.54) is 16.9 Å². The van der Waals surface area contributed by atoms with Crippen molar-refractivity contribution in [1.82, 2.24) is 0 Å². The first-order valence-corrected chi connectivity index (χ1v) is 9.68. The molecule has 0 spiro atoms. The lowest BCUT2D eigenvalue weighted by atomic mass is 10.0. The molecule has 0 aliphatic carbocycles. The Morgan fingerprint density at radius 3 is 2.05 bits per heavy atom. The molecule has 0 amide bonds. The highest BCUT2D eigenvalue weighted by Crippen LogP contribution is 2.30. The highest BCUT2D eigenvalue weighted by molar-refractivity contribution is 7.98. The minimum atomic E-state index is 0.455. The van der Waals surface area contributed by atoms with E-state index < -0.39 is 0 Å². The van der Waals surface area contributed by atoms with E-state index in [1.807, 2.05) is 29.6 Å². The van der Waals surface area contributed by atoms with Crippen LogP contribution in [-0.4, -0.2) is 16.6 Å². The van der Waals surface area contributed by atoms with Gasteiger partial charge in [-0.05, 0) is 47.5 Å². The quantitative estimate of drug-likeness (QED) is 0.686. The van der Waals surface area contributed by atoms with Gasteiger partial charge in [0.1, 0.15) is 5.75 Å². The molecule has 0 aliphatic rings. The topological polar surface area (TPSA) is 20.2 Å². The smallest absolute Gasteiger partial charge is 0.119 e. The Balaban J connectivity index is 2.68. The summed E-state index contributed by atoms with van der Waals surface area (Å²) in [6.07, 6.45) is 0. The summed E-state index contributed by atoms with van der Waals surface area (Å²) in [5.74, 6) is 6.19. The van der Waals surface area contributed by atoms with Gasteiger partial charge in [0.05, 0.1) is 0 Å². The first kappa shape index (κ1) is 17.8. The van der Waals surface area contributed by atoms with Crippen molar-refractivity contribution in [1.29, 1.82) is 0 Å². The van der Waals surface area contributed by atoms with Gasteiger partial charge in [-0.1, -0.05) is 33.8 Å². The molecule has 1 aromatic rings. The number of phenols is 1. The average Bonchev–Trinajstić information content (AvgIpc) is 2.35. The van der Waals surface area contributed by atoms with Gasteiger partial charge in [-0.2, -0.15) is 23.5 Å². The Morgan fingerprint density at radius 2 is 1.50 bits per heavy atom. The van der Waals surface area contributed by atoms with Crippen molar-refractivity contribution in [2.75, 3.05) is 11.5 Å². The first-order chi connectivity index (χ1) is 9.41. The molecule has 0 saturated carbocycles. The highest BCUT2D eigenvalue weighted by Gasteiger charge is 2.10. The summed E-state index contributed by atoms with van der Waals surface area (Å²) in [5.41, 5.74) is 3.77. The summed E-state index contributed by atoms with van der Waals surface area (Å²) < 4.78 is 0. The monoisotopic (exact) mass is 312 g/mol. The largest absolute Gasteiger partial charge is 0.508 e. The molecular weight excluding hydrogens is 284 g/mol. The molecule has 0 fully saturated rings. The lowest BCUT2D eigenvalue weighted by molar-refractivity contribution is 0.470. The van der Waals surface area contributed by atoms with E-state index in [0.717, 1.165) is 28.7 Å². The fraction of sp³-hybridized carbons (Fsp3) is 0.647. The molecule has 1 N–H and O–H groups in total. The second kappa shape index (κ2) is 8.89. The molecule has 3 heteroatoms. The van der Waals surface area contributed by atoms with Crippen molar-refractivity contribution in [2.45, 2.75) is 46.1 Å². The second-order valence-electron chi connectivity index (χ2n) is 6.17. The summed E-state index contributed by atoms with van der Waals surface area (Å²) in [7, 11) is 0. The van der Waals surface area contributed by atoms with Crippen molar-refractivity contribution < 1.29 is 5.11 Å². The zero-order valence-electron chi connectivity index (χ0n) is 13.4. The lowest BCUT2D eigenvalue weighted by Gasteiger charge is -2.14. The first-order valence-electron chi connectivity index (χ1n) is 7.37. The number of hydrogen-bond acceptors (Lipinski definition) is 3. The number of thioether (sulfide) groups is 2. The average molecular weight is 313 g/mol. The van der Waals surface area contributed by atoms with Crippen LogP contribution in [0.15, 0.2) is 12.1 Å². The van der Waals surface area contributed by atoms with E-state index in [-0.39, 0.29) is 0 Å². The number of rotatable bonds is 8. The van der Waals surface area contributed by atoms with Crippen molar-refractivity contribution >= 4 is 23.5 Å². The van der Waals surface area contributed by atoms with Crippen LogP contribution in [0.1, 0.15) is 44.4 Å². The van der Waals surface area contributed by atoms with Crippen LogP contribution >= 0.6 is 23.5 Å². The van der Waals surface area contributed by atoms with Crippen molar-refractivity contribution in [3.63, 3.8) is 0 Å². The van der Waals surface area contributed by atoms with Crippen LogP contribution in [0.4, 0.5) is 0 Å². The zero-order chi connectivity index (χ0) is 15.1. The molecule has 0 atom stereocenters. The molecule has 1 rings (SSSR count). The maximum Gasteiger partial charge on any atom is 0.119 e. The van der Waals surface area contributed by atoms with E-state index >= 15 is 0 Å². The Morgan fingerprint density at radius 1 is 0.950 bits per heavy atom. The third-order valence-electron chi connectivity index (χ3n) is 3.09. The fourth-order valence-electron chi connectivity index (χ4n) is 1.93. The lowest BCUT2D eigenvalue weighted by Crippen LogP contribution is -1.98. The Kier molecular flexibility index (Phi) is 7.90. The molecule has 114 valence electrons. The standard InChI is InChI=1S/C17H28OS2/c1-12(2)8-19-10-15-6-7-17(18)16(14(15)5)11-20-9-13(3)4/h6-7,12-13,18H,8-11H2,1-5H3. The summed E-state index contributed by atoms with van der Waals surface area (Å²) in [6.45, 7) is 11.1. The summed E-state index contributed by atoms with van der Waals surface area (Å²) in [6, 6.07) is 3.94. The SMILES string of the molecule is Cc1c(CSCC(C)C)ccc(O)c1CSCC(C)C. The maximum absolute atomic E-state index is 10.1. The Bertz CT molecular complexity index is 414. The van der Waals surface area contributed by atoms with Crippen molar-refractivity contribution in [3.8, 4) is 5.75 Å². The van der Waals surface area contributed by atoms with Crippen molar-refractivity contribution in [3.05, 3.63) is 28.8 Å². The third kappa shape index (κ3) is 6.01. The van der Waals surface area contributed by atoms with Gasteiger partial charge < -0.3 is 5.11 Å². The zero-order valence-corrected chi connectivity index (χ0v) is 15.0. The van der Waals surface area contributed by atoms with Crippen LogP contribution in [0.25, 0.3) is 0 Å². The van der Waals surface area contributed by atoms with Gasteiger partial charge in [0.25, 0.3) is 0 Å². The van der Waals surface area contributed by atoms with Gasteiger partial charge in [0, 0.05) is 17.1 Å². The van der Waals surface area contributed by atoms with Crippen molar-refractivity contribution in [2.24, 2.45) is 11.8 Å². The van der Waals surface area contributed by atoms with Crippen LogP contribution in [0.5, 0.6) is 5.75 Å². The van der Waals surface area contributed by atoms with Gasteiger partial charge in [-0.15, -0.1) is 0 Å². The Hall–Kier alpha value is -0.280. The van der Waals surface area contributed by atoms with Crippen LogP contribution < -0.4 is 0 Å². The maximum atomic E-state index is 10.1. The van der Waals surface area contributed by atoms with E-state index in [9.17, 15) is 5.11 Å². The predicted octanol–water partition coefficient (Wildman–Crippen LogP) is 5.48. The van der Waals surface area contributed by atoms with Gasteiger partial charge in [0.15, 0.2) is 0 Å². The molecule has 1 aromatic carbocycles. The molecule has 0 aliphatic heterocycles. The second-order valence-corrected chi connectivity index (χ2v) is 8.23. The van der Waals surface area contributed by atoms with Gasteiger partial charge >= 0.3 is 0 Å². The Labute approximate surface area is 132 Å². The molecule has 0 saturated heterocycles. The van der Waals surface area contributed by atoms with Gasteiger partial charge in [0.2, 0.25) is 0 Å². The minimum Gasteiger partial charge on any atom is -0.508 e. The van der Waals surface area contributed by atoms with Crippen LogP contribution in [0, 0.1) is 18.8 Å². The molecule has 0 bridgehead atoms. The third-order valence-corrected chi connectivity index (χ3v) is 5.90. The summed E-state index contributed by atoms with van der Waals surface area (Å²) >= 11 is 3.90. The molecule has 0 heterocycles. The minimum absolute atomic E-state index is 0.455. The summed E-state index contributed by atoms with van der Waals surface area (Å²) in [4.78, 5) is 0. The number of benzene rings is 1. The molecule has 0 radical (unpaired) electrons. The number of hydrogen-bond donors (Lipinski definition) is 1. The molecule has 20 heavy (non-hydrogen) atoms. The van der Waals surface area contributed by atoms with E-state index in [0.29, 0.717) is 11.7 Å². The number of phenolic OH excluding ortho intramolecular Hbond substituents is 1. The molecular formula is C17H28OS2. The molecule has 0 aromatic heterocycles. The van der Waals surface area contributed by atoms with E-state index in [4.69, 9.17) is 0 Å². The van der Waals surface area contributed by atoms with Gasteiger partial charge in [-0.3, -0.25) is 0 Å². The van der Waals surface area contributed by atoms with Crippen LogP contribution in [0.3, 0.4) is 0 Å². The highest BCUT2D eigenvalue weighted by atomic mass is 32.2. The van der Waals surface area contributed by atoms with E-state index in [1.54, 1.807) is 0 Å². The predicted molar refractivity (Wildman–Crippen MR) is 94.8 cm³/mol. The fourth-order valence-corrected chi connectivity index (χ4v) is 4.21.